The molecule has 0 saturated carbocycles. The third kappa shape index (κ3) is 4.11. The van der Waals surface area contributed by atoms with Gasteiger partial charge in [0, 0.05) is 28.4 Å². The number of carbonyl (C=O) groups excluding carboxylic acids is 1. The van der Waals surface area contributed by atoms with Gasteiger partial charge >= 0.3 is 0 Å². The van der Waals surface area contributed by atoms with Gasteiger partial charge in [0.15, 0.2) is 0 Å². The van der Waals surface area contributed by atoms with E-state index in [1.165, 1.54) is 18.7 Å². The molecule has 3 aromatic rings. The van der Waals surface area contributed by atoms with E-state index in [4.69, 9.17) is 4.99 Å². The number of nitrogens with zero attached hydrogens (tertiary/aromatic N) is 3. The standard InChI is InChI=1S/C24H21FN4OS/c25-16-11-12-19(26-15-16)23-22-17(24(30)28-29-13-4-1-5-14-29)7-6-10-21(22)31-20-9-3-2-8-18(20)27-23/h2-3,6-12,15H,1,4-5,13-14H2,(H,28,30). The van der Waals surface area contributed by atoms with E-state index in [2.05, 4.69) is 10.4 Å². The van der Waals surface area contributed by atoms with Crippen LogP contribution in [0.5, 0.6) is 0 Å². The molecule has 0 spiro atoms. The largest absolute Gasteiger partial charge is 0.285 e. The number of piperidine rings is 1. The minimum atomic E-state index is -0.413. The number of amides is 1. The van der Waals surface area contributed by atoms with Gasteiger partial charge in [0.1, 0.15) is 5.82 Å². The van der Waals surface area contributed by atoms with Crippen LogP contribution in [0.2, 0.25) is 0 Å². The van der Waals surface area contributed by atoms with Crippen molar-refractivity contribution in [3.05, 3.63) is 83.4 Å². The molecule has 1 aromatic heterocycles. The molecular weight excluding hydrogens is 411 g/mol. The van der Waals surface area contributed by atoms with E-state index in [-0.39, 0.29) is 5.91 Å². The number of rotatable bonds is 3. The predicted molar refractivity (Wildman–Crippen MR) is 119 cm³/mol. The van der Waals surface area contributed by atoms with Crippen LogP contribution in [0.25, 0.3) is 0 Å². The number of aliphatic imine (C=N–C) groups is 1. The van der Waals surface area contributed by atoms with E-state index >= 15 is 0 Å². The summed E-state index contributed by atoms with van der Waals surface area (Å²) in [4.78, 5) is 24.4. The molecule has 1 amide bonds. The summed E-state index contributed by atoms with van der Waals surface area (Å²) in [6.45, 7) is 1.70. The van der Waals surface area contributed by atoms with Gasteiger partial charge in [0.2, 0.25) is 0 Å². The Morgan fingerprint density at radius 1 is 0.968 bits per heavy atom. The first-order chi connectivity index (χ1) is 15.2. The molecule has 1 N–H and O–H groups in total. The minimum Gasteiger partial charge on any atom is -0.285 e. The number of benzene rings is 2. The summed E-state index contributed by atoms with van der Waals surface area (Å²) in [5, 5.41) is 1.98. The first-order valence-electron chi connectivity index (χ1n) is 10.4. The normalized spacial score (nSPS) is 16.0. The zero-order chi connectivity index (χ0) is 21.2. The van der Waals surface area contributed by atoms with Gasteiger partial charge in [0.25, 0.3) is 5.91 Å². The Labute approximate surface area is 184 Å². The van der Waals surface area contributed by atoms with Crippen molar-refractivity contribution in [1.29, 1.82) is 0 Å². The molecule has 5 nitrogen and oxygen atoms in total. The first-order valence-corrected chi connectivity index (χ1v) is 11.2. The zero-order valence-corrected chi connectivity index (χ0v) is 17.7. The van der Waals surface area contributed by atoms with Crippen LogP contribution >= 0.6 is 11.8 Å². The fourth-order valence-electron chi connectivity index (χ4n) is 3.89. The van der Waals surface area contributed by atoms with Crippen LogP contribution in [0.4, 0.5) is 10.1 Å². The number of hydrogen-bond acceptors (Lipinski definition) is 5. The second kappa shape index (κ2) is 8.61. The lowest BCUT2D eigenvalue weighted by molar-refractivity contribution is 0.0749. The molecule has 2 aliphatic heterocycles. The number of hydrazine groups is 1. The predicted octanol–water partition coefficient (Wildman–Crippen LogP) is 4.99. The number of halogens is 1. The van der Waals surface area contributed by atoms with E-state index in [1.54, 1.807) is 17.8 Å². The average molecular weight is 433 g/mol. The number of nitrogens with one attached hydrogen (secondary N) is 1. The molecule has 0 aliphatic carbocycles. The first kappa shape index (κ1) is 19.9. The van der Waals surface area contributed by atoms with E-state index < -0.39 is 5.82 Å². The Morgan fingerprint density at radius 2 is 1.77 bits per heavy atom. The number of pyridine rings is 1. The smallest absolute Gasteiger partial charge is 0.266 e. The third-order valence-electron chi connectivity index (χ3n) is 5.41. The summed E-state index contributed by atoms with van der Waals surface area (Å²) in [7, 11) is 0. The van der Waals surface area contributed by atoms with Gasteiger partial charge in [0.05, 0.1) is 28.9 Å². The summed E-state index contributed by atoms with van der Waals surface area (Å²) in [5.41, 5.74) is 6.20. The molecule has 1 fully saturated rings. The highest BCUT2D eigenvalue weighted by molar-refractivity contribution is 7.99. The number of hydrogen-bond donors (Lipinski definition) is 1. The molecule has 0 unspecified atom stereocenters. The topological polar surface area (TPSA) is 57.6 Å². The van der Waals surface area contributed by atoms with Gasteiger partial charge < -0.3 is 0 Å². The average Bonchev–Trinajstić information content (AvgIpc) is 2.97. The van der Waals surface area contributed by atoms with Crippen LogP contribution in [0.15, 0.2) is 75.6 Å². The van der Waals surface area contributed by atoms with Crippen LogP contribution in [0, 0.1) is 5.82 Å². The fraction of sp³-hybridized carbons (Fsp3) is 0.208. The van der Waals surface area contributed by atoms with Gasteiger partial charge in [-0.3, -0.25) is 15.2 Å². The summed E-state index contributed by atoms with van der Waals surface area (Å²) < 4.78 is 13.6. The zero-order valence-electron chi connectivity index (χ0n) is 16.8. The molecule has 31 heavy (non-hydrogen) atoms. The molecule has 7 heteroatoms. The highest BCUT2D eigenvalue weighted by atomic mass is 32.2. The Hall–Kier alpha value is -3.03. The lowest BCUT2D eigenvalue weighted by Gasteiger charge is -2.27. The van der Waals surface area contributed by atoms with Crippen LogP contribution in [0.1, 0.15) is 40.9 Å². The van der Waals surface area contributed by atoms with Crippen LogP contribution < -0.4 is 5.43 Å². The van der Waals surface area contributed by atoms with E-state index in [0.29, 0.717) is 17.0 Å². The van der Waals surface area contributed by atoms with E-state index in [0.717, 1.165) is 47.0 Å². The van der Waals surface area contributed by atoms with Gasteiger partial charge in [-0.1, -0.05) is 36.4 Å². The van der Waals surface area contributed by atoms with Gasteiger partial charge in [-0.25, -0.2) is 14.4 Å². The highest BCUT2D eigenvalue weighted by Crippen LogP contribution is 2.41. The number of para-hydroxylation sites is 1. The lowest BCUT2D eigenvalue weighted by atomic mass is 9.99. The Morgan fingerprint density at radius 3 is 2.58 bits per heavy atom. The van der Waals surface area contributed by atoms with Gasteiger partial charge in [-0.05, 0) is 49.2 Å². The molecule has 1 saturated heterocycles. The summed E-state index contributed by atoms with van der Waals surface area (Å²) >= 11 is 1.57. The van der Waals surface area contributed by atoms with Gasteiger partial charge in [-0.2, -0.15) is 0 Å². The second-order valence-electron chi connectivity index (χ2n) is 7.56. The maximum absolute atomic E-state index is 13.6. The molecule has 156 valence electrons. The van der Waals surface area contributed by atoms with Crippen molar-refractivity contribution in [3.63, 3.8) is 0 Å². The second-order valence-corrected chi connectivity index (χ2v) is 8.64. The van der Waals surface area contributed by atoms with Crippen LogP contribution in [-0.2, 0) is 0 Å². The number of fused-ring (bicyclic) bond motifs is 2. The molecule has 0 atom stereocenters. The van der Waals surface area contributed by atoms with E-state index in [9.17, 15) is 9.18 Å². The summed E-state index contributed by atoms with van der Waals surface area (Å²) in [6.07, 6.45) is 4.52. The summed E-state index contributed by atoms with van der Waals surface area (Å²) in [5.74, 6) is -0.579. The highest BCUT2D eigenvalue weighted by Gasteiger charge is 2.26. The molecule has 0 radical (unpaired) electrons. The van der Waals surface area contributed by atoms with Crippen molar-refractivity contribution in [2.75, 3.05) is 13.1 Å². The van der Waals surface area contributed by atoms with Gasteiger partial charge in [-0.15, -0.1) is 0 Å². The monoisotopic (exact) mass is 432 g/mol. The van der Waals surface area contributed by atoms with Crippen LogP contribution in [0.3, 0.4) is 0 Å². The molecule has 2 aliphatic rings. The Kier molecular flexibility index (Phi) is 5.53. The van der Waals surface area contributed by atoms with Crippen molar-refractivity contribution in [3.8, 4) is 0 Å². The van der Waals surface area contributed by atoms with Crippen molar-refractivity contribution in [2.24, 2.45) is 4.99 Å². The number of aromatic nitrogens is 1. The molecular formula is C24H21FN4OS. The third-order valence-corrected chi connectivity index (χ3v) is 6.54. The Balaban J connectivity index is 1.63. The minimum absolute atomic E-state index is 0.167. The van der Waals surface area contributed by atoms with Crippen molar-refractivity contribution in [1.82, 2.24) is 15.4 Å². The lowest BCUT2D eigenvalue weighted by Crippen LogP contribution is -2.45. The van der Waals surface area contributed by atoms with Crippen molar-refractivity contribution < 1.29 is 9.18 Å². The molecule has 5 rings (SSSR count). The van der Waals surface area contributed by atoms with Crippen molar-refractivity contribution in [2.45, 2.75) is 29.1 Å². The SMILES string of the molecule is O=C(NN1CCCCC1)c1cccc2c1C(c1ccc(F)cn1)=Nc1ccccc1S2. The fourth-order valence-corrected chi connectivity index (χ4v) is 4.95. The maximum Gasteiger partial charge on any atom is 0.266 e. The molecule has 2 aromatic carbocycles. The maximum atomic E-state index is 13.6. The Bertz CT molecular complexity index is 1160. The van der Waals surface area contributed by atoms with E-state index in [1.807, 2.05) is 47.5 Å². The number of carbonyl (C=O) groups is 1. The summed E-state index contributed by atoms with van der Waals surface area (Å²) in [6, 6.07) is 16.5. The van der Waals surface area contributed by atoms with Crippen LogP contribution in [-0.4, -0.2) is 34.7 Å². The molecule has 3 heterocycles. The van der Waals surface area contributed by atoms with Crippen molar-refractivity contribution >= 4 is 29.1 Å². The quantitative estimate of drug-likeness (QED) is 0.496. The molecule has 0 bridgehead atoms.